The van der Waals surface area contributed by atoms with Gasteiger partial charge in [-0.3, -0.25) is 14.4 Å². The van der Waals surface area contributed by atoms with E-state index in [9.17, 15) is 24.5 Å². The predicted molar refractivity (Wildman–Crippen MR) is 246 cm³/mol. The van der Waals surface area contributed by atoms with Gasteiger partial charge < -0.3 is 38.3 Å². The van der Waals surface area contributed by atoms with Gasteiger partial charge in [-0.1, -0.05) is 82.3 Å². The average molecular weight is 874 g/mol. The fourth-order valence-corrected chi connectivity index (χ4v) is 7.85. The number of likely N-dealkylation sites (tertiary alicyclic amines) is 1. The van der Waals surface area contributed by atoms with Gasteiger partial charge in [-0.05, 0) is 104 Å². The molecule has 338 valence electrons. The SMILES string of the molecule is CC(C)N(B(O)OCCC#N)C(C)C.COc1ccc(C(OC[C@@H]2CCCN2C(=O)Cc2cc(=O)oc3cc(OC(=O)C(C)(C)C)ccc23)(c2ccccc2)c2ccc(O)cc2)cc1. The molecule has 14 heteroatoms. The largest absolute Gasteiger partial charge is 0.555 e. The van der Waals surface area contributed by atoms with Crippen molar-refractivity contribution in [2.24, 2.45) is 5.41 Å². The van der Waals surface area contributed by atoms with Crippen LogP contribution in [0.2, 0.25) is 0 Å². The van der Waals surface area contributed by atoms with Crippen molar-refractivity contribution < 1.29 is 43.0 Å². The van der Waals surface area contributed by atoms with Gasteiger partial charge in [0.05, 0.1) is 44.1 Å². The predicted octanol–water partition coefficient (Wildman–Crippen LogP) is 8.01. The molecule has 0 aliphatic carbocycles. The molecular weight excluding hydrogens is 813 g/mol. The van der Waals surface area contributed by atoms with Gasteiger partial charge in [-0.2, -0.15) is 5.26 Å². The highest BCUT2D eigenvalue weighted by atomic mass is 16.5. The van der Waals surface area contributed by atoms with Crippen LogP contribution in [0.15, 0.2) is 112 Å². The summed E-state index contributed by atoms with van der Waals surface area (Å²) in [6, 6.07) is 33.0. The lowest BCUT2D eigenvalue weighted by Gasteiger charge is -2.38. The molecule has 1 unspecified atom stereocenters. The first kappa shape index (κ1) is 49.0. The zero-order chi connectivity index (χ0) is 46.6. The smallest absolute Gasteiger partial charge is 0.508 e. The molecule has 1 aliphatic rings. The second-order valence-corrected chi connectivity index (χ2v) is 17.3. The lowest BCUT2D eigenvalue weighted by Crippen LogP contribution is -2.50. The minimum absolute atomic E-state index is 0.0139. The number of carbonyl (C=O) groups excluding carboxylic acids is 2. The highest BCUT2D eigenvalue weighted by molar-refractivity contribution is 6.39. The molecular formula is C50H60BN3O10. The molecule has 0 radical (unpaired) electrons. The first-order valence-corrected chi connectivity index (χ1v) is 21.6. The summed E-state index contributed by atoms with van der Waals surface area (Å²) < 4.78 is 28.6. The number of phenols is 1. The van der Waals surface area contributed by atoms with Crippen molar-refractivity contribution in [3.63, 3.8) is 0 Å². The number of hydrogen-bond acceptors (Lipinski definition) is 12. The van der Waals surface area contributed by atoms with Crippen LogP contribution in [0.1, 0.15) is 90.0 Å². The highest BCUT2D eigenvalue weighted by Crippen LogP contribution is 2.42. The van der Waals surface area contributed by atoms with Crippen LogP contribution in [0.3, 0.4) is 0 Å². The number of nitriles is 1. The number of methoxy groups -OCH3 is 1. The maximum Gasteiger partial charge on any atom is 0.555 e. The molecule has 1 saturated heterocycles. The molecule has 2 heterocycles. The number of amides is 1. The Kier molecular flexibility index (Phi) is 16.9. The van der Waals surface area contributed by atoms with Crippen molar-refractivity contribution in [2.75, 3.05) is 26.9 Å². The Bertz CT molecular complexity index is 2400. The van der Waals surface area contributed by atoms with Crippen LogP contribution in [0.5, 0.6) is 17.2 Å². The molecule has 1 fully saturated rings. The number of benzene rings is 4. The highest BCUT2D eigenvalue weighted by Gasteiger charge is 2.40. The summed E-state index contributed by atoms with van der Waals surface area (Å²) in [6.07, 6.45) is 1.84. The molecule has 0 spiro atoms. The number of nitrogens with zero attached hydrogens (tertiary/aromatic N) is 3. The van der Waals surface area contributed by atoms with Crippen LogP contribution in [0.4, 0.5) is 0 Å². The third kappa shape index (κ3) is 12.2. The maximum atomic E-state index is 14.0. The first-order chi connectivity index (χ1) is 30.5. The van der Waals surface area contributed by atoms with E-state index in [1.807, 2.05) is 110 Å². The quantitative estimate of drug-likeness (QED) is 0.0245. The van der Waals surface area contributed by atoms with Crippen molar-refractivity contribution in [3.8, 4) is 23.3 Å². The van der Waals surface area contributed by atoms with Crippen LogP contribution < -0.4 is 15.1 Å². The van der Waals surface area contributed by atoms with Gasteiger partial charge in [-0.15, -0.1) is 0 Å². The second-order valence-electron chi connectivity index (χ2n) is 17.3. The lowest BCUT2D eigenvalue weighted by molar-refractivity contribution is -0.143. The van der Waals surface area contributed by atoms with E-state index in [1.165, 1.54) is 12.1 Å². The number of ether oxygens (including phenoxy) is 3. The summed E-state index contributed by atoms with van der Waals surface area (Å²) in [5, 5.41) is 28.7. The molecule has 0 bridgehead atoms. The fourth-order valence-electron chi connectivity index (χ4n) is 7.85. The van der Waals surface area contributed by atoms with Crippen LogP contribution in [-0.4, -0.2) is 84.0 Å². The van der Waals surface area contributed by atoms with Gasteiger partial charge in [0, 0.05) is 30.7 Å². The van der Waals surface area contributed by atoms with E-state index in [2.05, 4.69) is 0 Å². The summed E-state index contributed by atoms with van der Waals surface area (Å²) in [4.78, 5) is 42.7. The Balaban J connectivity index is 0.000000475. The molecule has 64 heavy (non-hydrogen) atoms. The first-order valence-electron chi connectivity index (χ1n) is 21.6. The normalized spacial score (nSPS) is 14.8. The van der Waals surface area contributed by atoms with Crippen molar-refractivity contribution in [1.29, 1.82) is 5.26 Å². The Hall–Kier alpha value is -5.98. The summed E-state index contributed by atoms with van der Waals surface area (Å²) in [6.45, 7) is 14.3. The van der Waals surface area contributed by atoms with Gasteiger partial charge in [0.15, 0.2) is 0 Å². The van der Waals surface area contributed by atoms with E-state index >= 15 is 0 Å². The van der Waals surface area contributed by atoms with Crippen LogP contribution in [0.25, 0.3) is 11.0 Å². The van der Waals surface area contributed by atoms with Crippen molar-refractivity contribution in [2.45, 2.75) is 97.9 Å². The monoisotopic (exact) mass is 873 g/mol. The molecule has 2 atom stereocenters. The number of fused-ring (bicyclic) bond motifs is 1. The van der Waals surface area contributed by atoms with E-state index in [1.54, 1.807) is 52.1 Å². The van der Waals surface area contributed by atoms with Crippen LogP contribution in [-0.2, 0) is 31.0 Å². The van der Waals surface area contributed by atoms with Crippen LogP contribution >= 0.6 is 0 Å². The van der Waals surface area contributed by atoms with Gasteiger partial charge in [0.2, 0.25) is 5.91 Å². The van der Waals surface area contributed by atoms with E-state index in [4.69, 9.17) is 28.5 Å². The average Bonchev–Trinajstić information content (AvgIpc) is 3.74. The summed E-state index contributed by atoms with van der Waals surface area (Å²) in [5.74, 6) is 0.557. The number of phenolic OH excluding ortho intramolecular Hbond substituents is 1. The van der Waals surface area contributed by atoms with E-state index < -0.39 is 29.9 Å². The van der Waals surface area contributed by atoms with Gasteiger partial charge in [0.25, 0.3) is 0 Å². The molecule has 1 aromatic heterocycles. The van der Waals surface area contributed by atoms with Gasteiger partial charge in [0.1, 0.15) is 28.4 Å². The third-order valence-corrected chi connectivity index (χ3v) is 11.0. The van der Waals surface area contributed by atoms with Gasteiger partial charge >= 0.3 is 18.8 Å². The molecule has 6 rings (SSSR count). The summed E-state index contributed by atoms with van der Waals surface area (Å²) in [5.41, 5.74) is 0.965. The Labute approximate surface area is 376 Å². The summed E-state index contributed by atoms with van der Waals surface area (Å²) >= 11 is 0. The molecule has 1 aliphatic heterocycles. The fraction of sp³-hybridized carbons (Fsp3) is 0.400. The topological polar surface area (TPSA) is 172 Å². The third-order valence-electron chi connectivity index (χ3n) is 11.0. The molecule has 4 aromatic carbocycles. The lowest BCUT2D eigenvalue weighted by atomic mass is 9.80. The Morgan fingerprint density at radius 2 is 1.52 bits per heavy atom. The zero-order valence-corrected chi connectivity index (χ0v) is 38.1. The maximum absolute atomic E-state index is 14.0. The van der Waals surface area contributed by atoms with Crippen molar-refractivity contribution >= 4 is 30.1 Å². The summed E-state index contributed by atoms with van der Waals surface area (Å²) in [7, 11) is 0.706. The number of esters is 1. The minimum atomic E-state index is -1.07. The number of aromatic hydroxyl groups is 1. The zero-order valence-electron chi connectivity index (χ0n) is 38.1. The molecule has 0 saturated carbocycles. The Morgan fingerprint density at radius 1 is 0.906 bits per heavy atom. The standard InChI is InChI=1S/C41H41NO8.C9H19BN2O2/c1-40(2,3)39(46)49-34-20-21-35-27(24-38(45)50-36(35)25-34)23-37(44)42-22-8-11-31(42)26-48-41(28-9-6-5-7-10-28,29-12-16-32(43)17-13-29)30-14-18-33(47-4)19-15-30;1-8(2)12(9(3)4)10(13)14-7-5-6-11/h5-7,9-10,12-21,24-25,31,43H,8,11,22-23,26H2,1-4H3;8-9,13H,5,7H2,1-4H3/t31-,41?;/m0./s1. The molecule has 1 amide bonds. The van der Waals surface area contributed by atoms with E-state index in [-0.39, 0.29) is 60.7 Å². The Morgan fingerprint density at radius 3 is 2.11 bits per heavy atom. The molecule has 5 aromatic rings. The van der Waals surface area contributed by atoms with Crippen molar-refractivity contribution in [1.82, 2.24) is 9.71 Å². The number of hydrogen-bond donors (Lipinski definition) is 2. The minimum Gasteiger partial charge on any atom is -0.508 e. The second kappa shape index (κ2) is 22.1. The van der Waals surface area contributed by atoms with E-state index in [0.29, 0.717) is 29.7 Å². The number of rotatable bonds is 16. The van der Waals surface area contributed by atoms with Gasteiger partial charge in [-0.25, -0.2) is 4.79 Å². The van der Waals surface area contributed by atoms with E-state index in [0.717, 1.165) is 29.5 Å². The number of carbonyl (C=O) groups is 2. The molecule has 2 N–H and O–H groups in total. The van der Waals surface area contributed by atoms with Crippen molar-refractivity contribution in [3.05, 3.63) is 136 Å². The molecule has 13 nitrogen and oxygen atoms in total. The van der Waals surface area contributed by atoms with Crippen LogP contribution in [0, 0.1) is 16.7 Å².